The molecular weight excluding hydrogens is 250 g/mol. The molecule has 1 aliphatic heterocycles. The van der Waals surface area contributed by atoms with E-state index in [0.29, 0.717) is 13.2 Å². The SMILES string of the molecule is CCCCCCCCCC/C=C/C(=O)N1CCOCC1. The number of rotatable bonds is 10. The van der Waals surface area contributed by atoms with Crippen LogP contribution in [0.1, 0.15) is 64.7 Å². The number of hydrogen-bond acceptors (Lipinski definition) is 2. The normalized spacial score (nSPS) is 15.9. The molecule has 0 aliphatic carbocycles. The Morgan fingerprint density at radius 2 is 1.60 bits per heavy atom. The molecule has 0 unspecified atom stereocenters. The highest BCUT2D eigenvalue weighted by Gasteiger charge is 2.13. The summed E-state index contributed by atoms with van der Waals surface area (Å²) in [7, 11) is 0. The Bertz CT molecular complexity index is 270. The molecule has 0 N–H and O–H groups in total. The molecule has 0 aromatic rings. The Balaban J connectivity index is 1.92. The lowest BCUT2D eigenvalue weighted by Gasteiger charge is -2.25. The fourth-order valence-electron chi connectivity index (χ4n) is 2.47. The maximum absolute atomic E-state index is 11.8. The van der Waals surface area contributed by atoms with Crippen LogP contribution in [0.2, 0.25) is 0 Å². The molecule has 0 atom stereocenters. The number of morpholine rings is 1. The zero-order chi connectivity index (χ0) is 14.5. The van der Waals surface area contributed by atoms with Crippen LogP contribution in [0, 0.1) is 0 Å². The van der Waals surface area contributed by atoms with Gasteiger partial charge in [0.15, 0.2) is 0 Å². The van der Waals surface area contributed by atoms with E-state index >= 15 is 0 Å². The van der Waals surface area contributed by atoms with Gasteiger partial charge in [0.05, 0.1) is 13.2 Å². The second-order valence-electron chi connectivity index (χ2n) is 5.60. The molecule has 1 rings (SSSR count). The van der Waals surface area contributed by atoms with E-state index in [1.807, 2.05) is 11.0 Å². The predicted octanol–water partition coefficient (Wildman–Crippen LogP) is 3.93. The van der Waals surface area contributed by atoms with Gasteiger partial charge in [0.25, 0.3) is 0 Å². The molecule has 3 nitrogen and oxygen atoms in total. The Morgan fingerprint density at radius 1 is 1.00 bits per heavy atom. The molecule has 1 heterocycles. The van der Waals surface area contributed by atoms with Gasteiger partial charge in [-0.1, -0.05) is 57.9 Å². The molecule has 0 spiro atoms. The van der Waals surface area contributed by atoms with Gasteiger partial charge in [0.2, 0.25) is 5.91 Å². The van der Waals surface area contributed by atoms with Crippen LogP contribution in [0.3, 0.4) is 0 Å². The lowest BCUT2D eigenvalue weighted by Crippen LogP contribution is -2.39. The van der Waals surface area contributed by atoms with Crippen LogP contribution < -0.4 is 0 Å². The quantitative estimate of drug-likeness (QED) is 0.448. The molecule has 1 amide bonds. The molecule has 0 aromatic carbocycles. The molecule has 0 aromatic heterocycles. The first kappa shape index (κ1) is 17.2. The minimum atomic E-state index is 0.146. The van der Waals surface area contributed by atoms with Crippen molar-refractivity contribution in [1.82, 2.24) is 4.90 Å². The summed E-state index contributed by atoms with van der Waals surface area (Å²) < 4.78 is 5.24. The zero-order valence-corrected chi connectivity index (χ0v) is 13.1. The van der Waals surface area contributed by atoms with Crippen LogP contribution in [-0.4, -0.2) is 37.1 Å². The van der Waals surface area contributed by atoms with Gasteiger partial charge in [0.1, 0.15) is 0 Å². The maximum atomic E-state index is 11.8. The zero-order valence-electron chi connectivity index (χ0n) is 13.1. The second kappa shape index (κ2) is 12.0. The van der Waals surface area contributed by atoms with Gasteiger partial charge in [0, 0.05) is 13.1 Å². The molecule has 1 fully saturated rings. The number of amides is 1. The topological polar surface area (TPSA) is 29.5 Å². The number of allylic oxidation sites excluding steroid dienone is 1. The van der Waals surface area contributed by atoms with Gasteiger partial charge >= 0.3 is 0 Å². The van der Waals surface area contributed by atoms with Crippen LogP contribution in [-0.2, 0) is 9.53 Å². The van der Waals surface area contributed by atoms with Gasteiger partial charge in [-0.3, -0.25) is 4.79 Å². The first-order chi connectivity index (χ1) is 9.84. The van der Waals surface area contributed by atoms with Crippen molar-refractivity contribution in [3.8, 4) is 0 Å². The molecular formula is C17H31NO2. The van der Waals surface area contributed by atoms with Crippen LogP contribution in [0.25, 0.3) is 0 Å². The second-order valence-corrected chi connectivity index (χ2v) is 5.60. The van der Waals surface area contributed by atoms with E-state index in [4.69, 9.17) is 4.74 Å². The van der Waals surface area contributed by atoms with E-state index in [9.17, 15) is 4.79 Å². The lowest BCUT2D eigenvalue weighted by molar-refractivity contribution is -0.129. The summed E-state index contributed by atoms with van der Waals surface area (Å²) in [6.07, 6.45) is 15.5. The summed E-state index contributed by atoms with van der Waals surface area (Å²) in [5, 5.41) is 0. The third-order valence-corrected chi connectivity index (χ3v) is 3.81. The number of carbonyl (C=O) groups is 1. The van der Waals surface area contributed by atoms with Crippen LogP contribution in [0.15, 0.2) is 12.2 Å². The fraction of sp³-hybridized carbons (Fsp3) is 0.824. The highest BCUT2D eigenvalue weighted by Crippen LogP contribution is 2.09. The van der Waals surface area contributed by atoms with Crippen molar-refractivity contribution in [2.75, 3.05) is 26.3 Å². The standard InChI is InChI=1S/C17H31NO2/c1-2-3-4-5-6-7-8-9-10-11-12-17(19)18-13-15-20-16-14-18/h11-12H,2-10,13-16H2,1H3/b12-11+. The number of unbranched alkanes of at least 4 members (excludes halogenated alkanes) is 8. The van der Waals surface area contributed by atoms with Gasteiger partial charge in [-0.15, -0.1) is 0 Å². The van der Waals surface area contributed by atoms with E-state index in [-0.39, 0.29) is 5.91 Å². The van der Waals surface area contributed by atoms with Crippen LogP contribution in [0.4, 0.5) is 0 Å². The third-order valence-electron chi connectivity index (χ3n) is 3.81. The number of hydrogen-bond donors (Lipinski definition) is 0. The summed E-state index contributed by atoms with van der Waals surface area (Å²) in [5.74, 6) is 0.146. The number of nitrogens with zero attached hydrogens (tertiary/aromatic N) is 1. The summed E-state index contributed by atoms with van der Waals surface area (Å²) in [6, 6.07) is 0. The van der Waals surface area contributed by atoms with Crippen LogP contribution >= 0.6 is 0 Å². The van der Waals surface area contributed by atoms with Crippen molar-refractivity contribution in [2.45, 2.75) is 64.7 Å². The van der Waals surface area contributed by atoms with Crippen molar-refractivity contribution in [3.63, 3.8) is 0 Å². The molecule has 116 valence electrons. The van der Waals surface area contributed by atoms with Crippen molar-refractivity contribution in [1.29, 1.82) is 0 Å². The van der Waals surface area contributed by atoms with Gasteiger partial charge < -0.3 is 9.64 Å². The highest BCUT2D eigenvalue weighted by molar-refractivity contribution is 5.87. The van der Waals surface area contributed by atoms with E-state index in [0.717, 1.165) is 19.5 Å². The van der Waals surface area contributed by atoms with E-state index in [1.54, 1.807) is 6.08 Å². The number of carbonyl (C=O) groups excluding carboxylic acids is 1. The van der Waals surface area contributed by atoms with Gasteiger partial charge in [-0.05, 0) is 18.9 Å². The maximum Gasteiger partial charge on any atom is 0.246 e. The average Bonchev–Trinajstić information content (AvgIpc) is 2.50. The largest absolute Gasteiger partial charge is 0.378 e. The summed E-state index contributed by atoms with van der Waals surface area (Å²) >= 11 is 0. The molecule has 1 saturated heterocycles. The highest BCUT2D eigenvalue weighted by atomic mass is 16.5. The summed E-state index contributed by atoms with van der Waals surface area (Å²) in [4.78, 5) is 13.7. The van der Waals surface area contributed by atoms with Crippen molar-refractivity contribution in [3.05, 3.63) is 12.2 Å². The van der Waals surface area contributed by atoms with Crippen LogP contribution in [0.5, 0.6) is 0 Å². The fourth-order valence-corrected chi connectivity index (χ4v) is 2.47. The van der Waals surface area contributed by atoms with Crippen molar-refractivity contribution >= 4 is 5.91 Å². The Kier molecular flexibility index (Phi) is 10.3. The lowest BCUT2D eigenvalue weighted by atomic mass is 10.1. The van der Waals surface area contributed by atoms with Crippen molar-refractivity contribution in [2.24, 2.45) is 0 Å². The van der Waals surface area contributed by atoms with Crippen molar-refractivity contribution < 1.29 is 9.53 Å². The van der Waals surface area contributed by atoms with Gasteiger partial charge in [-0.2, -0.15) is 0 Å². The molecule has 0 saturated carbocycles. The summed E-state index contributed by atoms with van der Waals surface area (Å²) in [6.45, 7) is 5.08. The molecule has 0 bridgehead atoms. The monoisotopic (exact) mass is 281 g/mol. The minimum Gasteiger partial charge on any atom is -0.378 e. The molecule has 3 heteroatoms. The van der Waals surface area contributed by atoms with E-state index in [1.165, 1.54) is 51.4 Å². The first-order valence-corrected chi connectivity index (χ1v) is 8.37. The molecule has 20 heavy (non-hydrogen) atoms. The van der Waals surface area contributed by atoms with Gasteiger partial charge in [-0.25, -0.2) is 0 Å². The predicted molar refractivity (Wildman–Crippen MR) is 83.8 cm³/mol. The molecule has 0 radical (unpaired) electrons. The smallest absolute Gasteiger partial charge is 0.246 e. The Morgan fingerprint density at radius 3 is 2.25 bits per heavy atom. The number of ether oxygens (including phenoxy) is 1. The summed E-state index contributed by atoms with van der Waals surface area (Å²) in [5.41, 5.74) is 0. The first-order valence-electron chi connectivity index (χ1n) is 8.37. The Hall–Kier alpha value is -0.830. The third kappa shape index (κ3) is 8.36. The average molecular weight is 281 g/mol. The van der Waals surface area contributed by atoms with E-state index < -0.39 is 0 Å². The minimum absolute atomic E-state index is 0.146. The van der Waals surface area contributed by atoms with E-state index in [2.05, 4.69) is 6.92 Å². The Labute approximate surface area is 124 Å². The molecule has 1 aliphatic rings.